The van der Waals surface area contributed by atoms with Crippen molar-refractivity contribution in [3.63, 3.8) is 0 Å². The van der Waals surface area contributed by atoms with E-state index in [0.717, 1.165) is 30.7 Å². The lowest BCUT2D eigenvalue weighted by Gasteiger charge is -2.13. The molecule has 5 heteroatoms. The fourth-order valence-corrected chi connectivity index (χ4v) is 2.81. The van der Waals surface area contributed by atoms with Crippen molar-refractivity contribution in [3.8, 4) is 0 Å². The Labute approximate surface area is 102 Å². The quantitative estimate of drug-likeness (QED) is 0.613. The summed E-state index contributed by atoms with van der Waals surface area (Å²) in [5.74, 6) is -1.35. The molecule has 0 amide bonds. The molecule has 1 fully saturated rings. The second-order valence-corrected chi connectivity index (χ2v) is 5.16. The van der Waals surface area contributed by atoms with E-state index >= 15 is 0 Å². The van der Waals surface area contributed by atoms with Crippen molar-refractivity contribution in [3.05, 3.63) is 29.8 Å². The summed E-state index contributed by atoms with van der Waals surface area (Å²) >= 11 is 1.11. The predicted octanol–water partition coefficient (Wildman–Crippen LogP) is 3.01. The number of halogens is 2. The molecule has 0 aliphatic heterocycles. The van der Waals surface area contributed by atoms with Crippen molar-refractivity contribution in [2.75, 3.05) is 7.11 Å². The first-order valence-electron chi connectivity index (χ1n) is 5.31. The number of esters is 1. The van der Waals surface area contributed by atoms with Crippen LogP contribution in [0.5, 0.6) is 0 Å². The van der Waals surface area contributed by atoms with E-state index in [9.17, 15) is 13.6 Å². The molecule has 0 N–H and O–H groups in total. The number of ether oxygens (including phenoxy) is 1. The summed E-state index contributed by atoms with van der Waals surface area (Å²) in [5, 5.41) is -0.389. The van der Waals surface area contributed by atoms with Crippen LogP contribution in [0.3, 0.4) is 0 Å². The number of carbonyl (C=O) groups is 1. The third-order valence-electron chi connectivity index (χ3n) is 2.63. The first-order valence-corrected chi connectivity index (χ1v) is 6.19. The van der Waals surface area contributed by atoms with E-state index in [2.05, 4.69) is 0 Å². The lowest BCUT2D eigenvalue weighted by Crippen LogP contribution is -2.21. The molecule has 17 heavy (non-hydrogen) atoms. The van der Waals surface area contributed by atoms with Gasteiger partial charge in [-0.2, -0.15) is 0 Å². The zero-order valence-electron chi connectivity index (χ0n) is 9.28. The Kier molecular flexibility index (Phi) is 3.66. The van der Waals surface area contributed by atoms with Gasteiger partial charge in [-0.15, -0.1) is 11.8 Å². The van der Waals surface area contributed by atoms with Crippen molar-refractivity contribution in [1.82, 2.24) is 0 Å². The number of carbonyl (C=O) groups excluding carboxylic acids is 1. The van der Waals surface area contributed by atoms with Crippen LogP contribution < -0.4 is 0 Å². The molecule has 1 aliphatic rings. The SMILES string of the molecule is COC(=O)C(Sc1ccc(F)cc1F)C1CC1. The summed E-state index contributed by atoms with van der Waals surface area (Å²) in [5.41, 5.74) is 0. The Hall–Kier alpha value is -1.10. The van der Waals surface area contributed by atoms with Crippen molar-refractivity contribution >= 4 is 17.7 Å². The molecule has 2 nitrogen and oxygen atoms in total. The zero-order valence-corrected chi connectivity index (χ0v) is 10.1. The van der Waals surface area contributed by atoms with Gasteiger partial charge in [-0.25, -0.2) is 8.78 Å². The molecule has 0 bridgehead atoms. The zero-order chi connectivity index (χ0) is 12.4. The number of hydrogen-bond donors (Lipinski definition) is 0. The van der Waals surface area contributed by atoms with Gasteiger partial charge in [0.2, 0.25) is 0 Å². The molecule has 1 aromatic rings. The highest BCUT2D eigenvalue weighted by molar-refractivity contribution is 8.00. The van der Waals surface area contributed by atoms with Gasteiger partial charge in [0.05, 0.1) is 7.11 Å². The van der Waals surface area contributed by atoms with Crippen LogP contribution in [0.2, 0.25) is 0 Å². The van der Waals surface area contributed by atoms with Crippen LogP contribution >= 0.6 is 11.8 Å². The predicted molar refractivity (Wildman–Crippen MR) is 60.7 cm³/mol. The average Bonchev–Trinajstić information content (AvgIpc) is 3.11. The molecule has 0 heterocycles. The lowest BCUT2D eigenvalue weighted by molar-refractivity contribution is -0.140. The summed E-state index contributed by atoms with van der Waals surface area (Å²) in [6.07, 6.45) is 1.91. The maximum atomic E-state index is 13.4. The first-order chi connectivity index (χ1) is 8.11. The summed E-state index contributed by atoms with van der Waals surface area (Å²) in [6, 6.07) is 3.36. The summed E-state index contributed by atoms with van der Waals surface area (Å²) in [4.78, 5) is 11.8. The van der Waals surface area contributed by atoms with Crippen LogP contribution in [0, 0.1) is 17.6 Å². The molecule has 92 valence electrons. The molecular formula is C12H12F2O2S. The molecule has 1 aromatic carbocycles. The molecule has 0 radical (unpaired) electrons. The van der Waals surface area contributed by atoms with Crippen molar-refractivity contribution in [1.29, 1.82) is 0 Å². The summed E-state index contributed by atoms with van der Waals surface area (Å²) < 4.78 is 30.9. The van der Waals surface area contributed by atoms with Gasteiger partial charge in [-0.05, 0) is 30.9 Å². The Morgan fingerprint density at radius 3 is 2.71 bits per heavy atom. The van der Waals surface area contributed by atoms with Gasteiger partial charge in [0.1, 0.15) is 16.9 Å². The smallest absolute Gasteiger partial charge is 0.319 e. The van der Waals surface area contributed by atoms with Crippen LogP contribution in [0.25, 0.3) is 0 Å². The van der Waals surface area contributed by atoms with E-state index in [0.29, 0.717) is 0 Å². The van der Waals surface area contributed by atoms with Gasteiger partial charge in [-0.3, -0.25) is 4.79 Å². The Morgan fingerprint density at radius 2 is 2.18 bits per heavy atom. The minimum absolute atomic E-state index is 0.247. The highest BCUT2D eigenvalue weighted by atomic mass is 32.2. The van der Waals surface area contributed by atoms with Crippen LogP contribution in [0.15, 0.2) is 23.1 Å². The summed E-state index contributed by atoms with van der Waals surface area (Å²) in [7, 11) is 1.32. The molecule has 0 aromatic heterocycles. The third kappa shape index (κ3) is 2.97. The highest BCUT2D eigenvalue weighted by Crippen LogP contribution is 2.42. The van der Waals surface area contributed by atoms with Crippen LogP contribution in [0.4, 0.5) is 8.78 Å². The number of hydrogen-bond acceptors (Lipinski definition) is 3. The van der Waals surface area contributed by atoms with E-state index in [1.807, 2.05) is 0 Å². The van der Waals surface area contributed by atoms with Crippen LogP contribution in [-0.2, 0) is 9.53 Å². The molecular weight excluding hydrogens is 246 g/mol. The Morgan fingerprint density at radius 1 is 1.47 bits per heavy atom. The van der Waals surface area contributed by atoms with Gasteiger partial charge < -0.3 is 4.74 Å². The average molecular weight is 258 g/mol. The third-order valence-corrected chi connectivity index (χ3v) is 4.05. The van der Waals surface area contributed by atoms with Crippen LogP contribution in [-0.4, -0.2) is 18.3 Å². The molecule has 1 saturated carbocycles. The number of methoxy groups -OCH3 is 1. The standard InChI is InChI=1S/C12H12F2O2S/c1-16-12(15)11(7-2-3-7)17-10-5-4-8(13)6-9(10)14/h4-7,11H,2-3H2,1H3. The van der Waals surface area contributed by atoms with E-state index in [-0.39, 0.29) is 22.0 Å². The maximum absolute atomic E-state index is 13.4. The largest absolute Gasteiger partial charge is 0.468 e. The van der Waals surface area contributed by atoms with Gasteiger partial charge in [0, 0.05) is 11.0 Å². The molecule has 1 atom stereocenters. The van der Waals surface area contributed by atoms with Crippen molar-refractivity contribution < 1.29 is 18.3 Å². The number of benzene rings is 1. The minimum Gasteiger partial charge on any atom is -0.468 e. The summed E-state index contributed by atoms with van der Waals surface area (Å²) in [6.45, 7) is 0. The van der Waals surface area contributed by atoms with Gasteiger partial charge >= 0.3 is 5.97 Å². The number of thioether (sulfide) groups is 1. The molecule has 1 unspecified atom stereocenters. The van der Waals surface area contributed by atoms with Crippen molar-refractivity contribution in [2.24, 2.45) is 5.92 Å². The normalized spacial score (nSPS) is 16.6. The van der Waals surface area contributed by atoms with Crippen LogP contribution in [0.1, 0.15) is 12.8 Å². The molecule has 1 aliphatic carbocycles. The van der Waals surface area contributed by atoms with E-state index in [4.69, 9.17) is 4.74 Å². The first kappa shape index (κ1) is 12.4. The Bertz CT molecular complexity index is 433. The number of rotatable bonds is 4. The maximum Gasteiger partial charge on any atom is 0.319 e. The van der Waals surface area contributed by atoms with Gasteiger partial charge in [-0.1, -0.05) is 0 Å². The second kappa shape index (κ2) is 5.04. The lowest BCUT2D eigenvalue weighted by atomic mass is 10.3. The van der Waals surface area contributed by atoms with Crippen molar-refractivity contribution in [2.45, 2.75) is 23.0 Å². The molecule has 0 spiro atoms. The van der Waals surface area contributed by atoms with Gasteiger partial charge in [0.25, 0.3) is 0 Å². The fraction of sp³-hybridized carbons (Fsp3) is 0.417. The fourth-order valence-electron chi connectivity index (χ4n) is 1.56. The Balaban J connectivity index is 2.14. The van der Waals surface area contributed by atoms with E-state index < -0.39 is 11.6 Å². The highest BCUT2D eigenvalue weighted by Gasteiger charge is 2.38. The van der Waals surface area contributed by atoms with Gasteiger partial charge in [0.15, 0.2) is 0 Å². The topological polar surface area (TPSA) is 26.3 Å². The minimum atomic E-state index is -0.635. The van der Waals surface area contributed by atoms with E-state index in [1.165, 1.54) is 19.2 Å². The molecule has 0 saturated heterocycles. The molecule has 2 rings (SSSR count). The monoisotopic (exact) mass is 258 g/mol. The van der Waals surface area contributed by atoms with E-state index in [1.54, 1.807) is 0 Å². The second-order valence-electron chi connectivity index (χ2n) is 3.97.